The molecule has 3 aromatic rings. The van der Waals surface area contributed by atoms with Gasteiger partial charge in [-0.3, -0.25) is 14.4 Å². The Morgan fingerprint density at radius 3 is 2.47 bits per heavy atom. The van der Waals surface area contributed by atoms with Gasteiger partial charge in [0.2, 0.25) is 0 Å². The molecule has 0 unspecified atom stereocenters. The summed E-state index contributed by atoms with van der Waals surface area (Å²) in [5.74, 6) is -1.38. The van der Waals surface area contributed by atoms with Gasteiger partial charge in [0.15, 0.2) is 5.75 Å². The highest BCUT2D eigenvalue weighted by Gasteiger charge is 2.19. The zero-order valence-corrected chi connectivity index (χ0v) is 20.6. The van der Waals surface area contributed by atoms with Crippen LogP contribution in [0.5, 0.6) is 5.75 Å². The van der Waals surface area contributed by atoms with E-state index in [9.17, 15) is 19.5 Å². The minimum Gasteiger partial charge on any atom is -0.502 e. The summed E-state index contributed by atoms with van der Waals surface area (Å²) in [5.41, 5.74) is 1.56. The molecule has 0 aliphatic rings. The molecule has 0 spiro atoms. The van der Waals surface area contributed by atoms with Gasteiger partial charge in [-0.25, -0.2) is 0 Å². The van der Waals surface area contributed by atoms with E-state index in [1.54, 1.807) is 50.5 Å². The van der Waals surface area contributed by atoms with Crippen molar-refractivity contribution in [2.45, 2.75) is 12.8 Å². The lowest BCUT2D eigenvalue weighted by Crippen LogP contribution is -2.28. The van der Waals surface area contributed by atoms with Gasteiger partial charge in [0, 0.05) is 33.3 Å². The maximum Gasteiger partial charge on any atom is 0.293 e. The van der Waals surface area contributed by atoms with E-state index in [2.05, 4.69) is 5.32 Å². The first-order valence-electron chi connectivity index (χ1n) is 10.6. The standard InChI is InChI=1S/C25H25Cl2N3O4/c1-29(2)24(33)17-8-4-7-16(13-17)21-14-18(22(31)25(34)30(21)3)23(32)28-11-5-6-15-9-10-19(26)20(27)12-15/h4,7-10,12-14,31H,5-6,11H2,1-3H3,(H,28,32). The van der Waals surface area contributed by atoms with Crippen molar-refractivity contribution >= 4 is 35.0 Å². The highest BCUT2D eigenvalue weighted by Crippen LogP contribution is 2.25. The van der Waals surface area contributed by atoms with E-state index in [0.717, 1.165) is 5.56 Å². The molecular weight excluding hydrogens is 477 g/mol. The molecule has 0 saturated carbocycles. The lowest BCUT2D eigenvalue weighted by atomic mass is 10.0. The Balaban J connectivity index is 1.79. The average Bonchev–Trinajstić information content (AvgIpc) is 2.82. The van der Waals surface area contributed by atoms with E-state index in [-0.39, 0.29) is 11.5 Å². The Morgan fingerprint density at radius 1 is 1.06 bits per heavy atom. The normalized spacial score (nSPS) is 10.7. The molecule has 178 valence electrons. The maximum atomic E-state index is 12.8. The first-order chi connectivity index (χ1) is 16.1. The summed E-state index contributed by atoms with van der Waals surface area (Å²) in [7, 11) is 4.79. The molecule has 2 amide bonds. The number of hydrogen-bond donors (Lipinski definition) is 2. The van der Waals surface area contributed by atoms with Crippen LogP contribution in [0.4, 0.5) is 0 Å². The van der Waals surface area contributed by atoms with Crippen molar-refractivity contribution in [3.63, 3.8) is 0 Å². The van der Waals surface area contributed by atoms with E-state index in [1.807, 2.05) is 6.07 Å². The second kappa shape index (κ2) is 10.8. The Bertz CT molecular complexity index is 1300. The number of carbonyl (C=O) groups excluding carboxylic acids is 2. The largest absolute Gasteiger partial charge is 0.502 e. The van der Waals surface area contributed by atoms with Gasteiger partial charge in [0.05, 0.1) is 21.3 Å². The number of hydrogen-bond acceptors (Lipinski definition) is 4. The number of aromatic hydroxyl groups is 1. The van der Waals surface area contributed by atoms with Crippen LogP contribution in [0.25, 0.3) is 11.3 Å². The van der Waals surface area contributed by atoms with Crippen molar-refractivity contribution in [3.8, 4) is 17.0 Å². The summed E-state index contributed by atoms with van der Waals surface area (Å²) in [6.45, 7) is 0.329. The summed E-state index contributed by atoms with van der Waals surface area (Å²) in [5, 5.41) is 14.0. The number of rotatable bonds is 7. The Labute approximate surface area is 207 Å². The van der Waals surface area contributed by atoms with Crippen LogP contribution < -0.4 is 10.9 Å². The van der Waals surface area contributed by atoms with Gasteiger partial charge in [0.25, 0.3) is 17.4 Å². The van der Waals surface area contributed by atoms with E-state index in [4.69, 9.17) is 23.2 Å². The number of nitrogens with zero attached hydrogens (tertiary/aromatic N) is 2. The van der Waals surface area contributed by atoms with E-state index < -0.39 is 17.2 Å². The Kier molecular flexibility index (Phi) is 8.02. The molecular formula is C25H25Cl2N3O4. The lowest BCUT2D eigenvalue weighted by molar-refractivity contribution is 0.0827. The number of nitrogens with one attached hydrogen (secondary N) is 1. The number of benzene rings is 2. The number of aryl methyl sites for hydroxylation is 1. The van der Waals surface area contributed by atoms with Crippen molar-refractivity contribution < 1.29 is 14.7 Å². The second-order valence-corrected chi connectivity index (χ2v) is 8.86. The molecule has 0 aliphatic heterocycles. The van der Waals surface area contributed by atoms with Crippen molar-refractivity contribution in [2.24, 2.45) is 7.05 Å². The van der Waals surface area contributed by atoms with Crippen molar-refractivity contribution in [2.75, 3.05) is 20.6 Å². The number of aromatic nitrogens is 1. The molecule has 0 atom stereocenters. The zero-order valence-electron chi connectivity index (χ0n) is 19.1. The van der Waals surface area contributed by atoms with E-state index >= 15 is 0 Å². The Hall–Kier alpha value is -3.29. The molecule has 0 saturated heterocycles. The monoisotopic (exact) mass is 501 g/mol. The quantitative estimate of drug-likeness (QED) is 0.476. The minimum absolute atomic E-state index is 0.128. The predicted molar refractivity (Wildman–Crippen MR) is 134 cm³/mol. The maximum absolute atomic E-state index is 12.8. The highest BCUT2D eigenvalue weighted by atomic mass is 35.5. The summed E-state index contributed by atoms with van der Waals surface area (Å²) >= 11 is 12.0. The van der Waals surface area contributed by atoms with Gasteiger partial charge in [-0.2, -0.15) is 0 Å². The molecule has 9 heteroatoms. The van der Waals surface area contributed by atoms with Crippen LogP contribution in [0.2, 0.25) is 10.0 Å². The molecule has 7 nitrogen and oxygen atoms in total. The summed E-state index contributed by atoms with van der Waals surface area (Å²) in [6.07, 6.45) is 1.29. The fraction of sp³-hybridized carbons (Fsp3) is 0.240. The third-order valence-electron chi connectivity index (χ3n) is 5.37. The number of pyridine rings is 1. The van der Waals surface area contributed by atoms with Crippen LogP contribution in [-0.4, -0.2) is 47.0 Å². The van der Waals surface area contributed by atoms with Crippen molar-refractivity contribution in [3.05, 3.63) is 85.6 Å². The SMILES string of the molecule is CN(C)C(=O)c1cccc(-c2cc(C(=O)NCCCc3ccc(Cl)c(Cl)c3)c(O)c(=O)n2C)c1. The van der Waals surface area contributed by atoms with Gasteiger partial charge in [-0.1, -0.05) is 41.4 Å². The smallest absolute Gasteiger partial charge is 0.293 e. The van der Waals surface area contributed by atoms with E-state index in [0.29, 0.717) is 46.3 Å². The lowest BCUT2D eigenvalue weighted by Gasteiger charge is -2.15. The van der Waals surface area contributed by atoms with Gasteiger partial charge in [-0.15, -0.1) is 0 Å². The molecule has 0 radical (unpaired) electrons. The van der Waals surface area contributed by atoms with Gasteiger partial charge >= 0.3 is 0 Å². The fourth-order valence-corrected chi connectivity index (χ4v) is 3.81. The molecule has 0 bridgehead atoms. The first-order valence-corrected chi connectivity index (χ1v) is 11.3. The summed E-state index contributed by atoms with van der Waals surface area (Å²) < 4.78 is 1.25. The Morgan fingerprint density at radius 2 is 1.79 bits per heavy atom. The van der Waals surface area contributed by atoms with Crippen molar-refractivity contribution in [1.82, 2.24) is 14.8 Å². The molecule has 3 rings (SSSR count). The molecule has 34 heavy (non-hydrogen) atoms. The predicted octanol–water partition coefficient (Wildman–Crippen LogP) is 4.13. The van der Waals surface area contributed by atoms with Crippen LogP contribution in [0, 0.1) is 0 Å². The van der Waals surface area contributed by atoms with Crippen LogP contribution in [0.3, 0.4) is 0 Å². The van der Waals surface area contributed by atoms with Crippen LogP contribution in [0.15, 0.2) is 53.3 Å². The molecule has 0 aliphatic carbocycles. The van der Waals surface area contributed by atoms with E-state index in [1.165, 1.54) is 22.6 Å². The van der Waals surface area contributed by atoms with Gasteiger partial charge in [0.1, 0.15) is 0 Å². The van der Waals surface area contributed by atoms with Crippen LogP contribution in [-0.2, 0) is 13.5 Å². The van der Waals surface area contributed by atoms with Gasteiger partial charge in [-0.05, 0) is 54.3 Å². The van der Waals surface area contributed by atoms with Crippen LogP contribution in [0.1, 0.15) is 32.7 Å². The second-order valence-electron chi connectivity index (χ2n) is 8.04. The topological polar surface area (TPSA) is 91.6 Å². The first kappa shape index (κ1) is 25.3. The average molecular weight is 502 g/mol. The molecule has 2 aromatic carbocycles. The third kappa shape index (κ3) is 5.61. The van der Waals surface area contributed by atoms with Gasteiger partial charge < -0.3 is 19.9 Å². The molecule has 2 N–H and O–H groups in total. The third-order valence-corrected chi connectivity index (χ3v) is 6.11. The molecule has 0 fully saturated rings. The highest BCUT2D eigenvalue weighted by molar-refractivity contribution is 6.42. The number of carbonyl (C=O) groups is 2. The number of halogens is 2. The zero-order chi connectivity index (χ0) is 25.0. The summed E-state index contributed by atoms with van der Waals surface area (Å²) in [4.78, 5) is 39.2. The minimum atomic E-state index is -0.706. The molecule has 1 aromatic heterocycles. The van der Waals surface area contributed by atoms with Crippen LogP contribution >= 0.6 is 23.2 Å². The number of amides is 2. The fourth-order valence-electron chi connectivity index (χ4n) is 3.49. The van der Waals surface area contributed by atoms with Crippen molar-refractivity contribution in [1.29, 1.82) is 0 Å². The molecule has 1 heterocycles. The summed E-state index contributed by atoms with van der Waals surface area (Å²) in [6, 6.07) is 13.6.